The Morgan fingerprint density at radius 1 is 1.00 bits per heavy atom. The summed E-state index contributed by atoms with van der Waals surface area (Å²) in [6, 6.07) is 14.0. The van der Waals surface area contributed by atoms with Gasteiger partial charge in [-0.25, -0.2) is 8.42 Å². The van der Waals surface area contributed by atoms with Crippen LogP contribution in [-0.2, 0) is 14.8 Å². The van der Waals surface area contributed by atoms with Gasteiger partial charge in [-0.1, -0.05) is 29.8 Å². The third-order valence-electron chi connectivity index (χ3n) is 2.71. The topological polar surface area (TPSA) is 54.5 Å². The minimum Gasteiger partial charge on any atom is -0.279 e. The summed E-state index contributed by atoms with van der Waals surface area (Å²) < 4.78 is 26.2. The smallest absolute Gasteiger partial charge is 0.264 e. The molecule has 0 atom stereocenters. The van der Waals surface area contributed by atoms with E-state index in [2.05, 4.69) is 0 Å². The number of hydrogen-bond acceptors (Lipinski definition) is 3. The first kappa shape index (κ1) is 15.8. The number of rotatable bonds is 5. The zero-order valence-corrected chi connectivity index (χ0v) is 13.1. The molecule has 0 fully saturated rings. The fourth-order valence-corrected chi connectivity index (χ4v) is 3.51. The number of sulfonamides is 1. The van der Waals surface area contributed by atoms with Crippen molar-refractivity contribution in [3.05, 3.63) is 59.6 Å². The Bertz CT molecular complexity index is 731. The Balaban J connectivity index is 2.50. The maximum Gasteiger partial charge on any atom is 0.264 e. The van der Waals surface area contributed by atoms with Crippen molar-refractivity contribution in [2.24, 2.45) is 0 Å². The molecule has 0 aliphatic heterocycles. The summed E-state index contributed by atoms with van der Waals surface area (Å²) in [6.07, 6.45) is 0. The lowest BCUT2D eigenvalue weighted by Gasteiger charge is -2.23. The van der Waals surface area contributed by atoms with Crippen molar-refractivity contribution in [1.82, 2.24) is 0 Å². The van der Waals surface area contributed by atoms with E-state index in [-0.39, 0.29) is 4.90 Å². The number of carbonyl (C=O) groups excluding carboxylic acids is 1. The molecule has 0 aliphatic carbocycles. The van der Waals surface area contributed by atoms with Crippen molar-refractivity contribution in [2.45, 2.75) is 4.90 Å². The first-order valence-electron chi connectivity index (χ1n) is 5.93. The van der Waals surface area contributed by atoms with Crippen LogP contribution in [-0.4, -0.2) is 20.2 Å². The number of hydrogen-bond donors (Lipinski definition) is 0. The van der Waals surface area contributed by atoms with E-state index in [9.17, 15) is 13.2 Å². The van der Waals surface area contributed by atoms with Crippen LogP contribution in [0.25, 0.3) is 0 Å². The van der Waals surface area contributed by atoms with Gasteiger partial charge in [-0.05, 0) is 48.0 Å². The van der Waals surface area contributed by atoms with E-state index >= 15 is 0 Å². The highest BCUT2D eigenvalue weighted by molar-refractivity contribution is 7.92. The molecular weight excluding hydrogens is 333 g/mol. The van der Waals surface area contributed by atoms with Gasteiger partial charge < -0.3 is 0 Å². The van der Waals surface area contributed by atoms with Crippen LogP contribution in [0.1, 0.15) is 0 Å². The van der Waals surface area contributed by atoms with Gasteiger partial charge in [0.2, 0.25) is 5.24 Å². The average Bonchev–Trinajstić information content (AvgIpc) is 2.46. The minimum atomic E-state index is -3.88. The maximum atomic E-state index is 12.6. The molecule has 2 aromatic carbocycles. The van der Waals surface area contributed by atoms with Gasteiger partial charge in [-0.15, -0.1) is 0 Å². The lowest BCUT2D eigenvalue weighted by molar-refractivity contribution is -0.110. The van der Waals surface area contributed by atoms with Crippen molar-refractivity contribution in [3.8, 4) is 0 Å². The van der Waals surface area contributed by atoms with Crippen molar-refractivity contribution in [2.75, 3.05) is 10.8 Å². The Kier molecular flexibility index (Phi) is 4.88. The van der Waals surface area contributed by atoms with Crippen molar-refractivity contribution in [1.29, 1.82) is 0 Å². The van der Waals surface area contributed by atoms with Crippen molar-refractivity contribution >= 4 is 44.2 Å². The molecule has 0 amide bonds. The third kappa shape index (κ3) is 3.75. The maximum absolute atomic E-state index is 12.6. The van der Waals surface area contributed by atoms with E-state index in [0.29, 0.717) is 10.7 Å². The summed E-state index contributed by atoms with van der Waals surface area (Å²) in [5.41, 5.74) is 0.317. The first-order chi connectivity index (χ1) is 9.91. The van der Waals surface area contributed by atoms with Gasteiger partial charge in [0.1, 0.15) is 6.54 Å². The second-order valence-corrected chi connectivity index (χ2v) is 6.88. The molecule has 0 saturated carbocycles. The summed E-state index contributed by atoms with van der Waals surface area (Å²) in [5, 5.41) is -0.308. The number of halogens is 2. The van der Waals surface area contributed by atoms with Gasteiger partial charge >= 0.3 is 0 Å². The van der Waals surface area contributed by atoms with E-state index < -0.39 is 21.8 Å². The SMILES string of the molecule is O=C(Cl)CN(c1ccc(Cl)cc1)S(=O)(=O)c1ccccc1. The summed E-state index contributed by atoms with van der Waals surface area (Å²) in [4.78, 5) is 11.3. The minimum absolute atomic E-state index is 0.0814. The summed E-state index contributed by atoms with van der Waals surface area (Å²) >= 11 is 11.2. The molecule has 0 saturated heterocycles. The summed E-state index contributed by atoms with van der Waals surface area (Å²) in [6.45, 7) is -0.458. The van der Waals surface area contributed by atoms with Crippen LogP contribution >= 0.6 is 23.2 Å². The fraction of sp³-hybridized carbons (Fsp3) is 0.0714. The van der Waals surface area contributed by atoms with E-state index in [1.165, 1.54) is 24.3 Å². The second kappa shape index (κ2) is 6.47. The standard InChI is InChI=1S/C14H11Cl2NO3S/c15-11-6-8-12(9-7-11)17(10-14(16)18)21(19,20)13-4-2-1-3-5-13/h1-9H,10H2. The van der Waals surface area contributed by atoms with E-state index in [0.717, 1.165) is 4.31 Å². The normalized spacial score (nSPS) is 11.1. The Morgan fingerprint density at radius 3 is 2.10 bits per heavy atom. The predicted octanol–water partition coefficient (Wildman–Crippen LogP) is 3.30. The quantitative estimate of drug-likeness (QED) is 0.782. The van der Waals surface area contributed by atoms with Crippen LogP contribution in [0.15, 0.2) is 59.5 Å². The molecule has 0 bridgehead atoms. The van der Waals surface area contributed by atoms with Gasteiger partial charge in [-0.3, -0.25) is 9.10 Å². The van der Waals surface area contributed by atoms with Gasteiger partial charge in [0.15, 0.2) is 0 Å². The molecule has 7 heteroatoms. The lowest BCUT2D eigenvalue weighted by atomic mass is 10.3. The molecule has 0 unspecified atom stereocenters. The molecule has 21 heavy (non-hydrogen) atoms. The average molecular weight is 344 g/mol. The Morgan fingerprint density at radius 2 is 1.57 bits per heavy atom. The van der Waals surface area contributed by atoms with Crippen LogP contribution in [0.4, 0.5) is 5.69 Å². The molecule has 4 nitrogen and oxygen atoms in total. The fourth-order valence-electron chi connectivity index (χ4n) is 1.76. The molecule has 0 radical (unpaired) electrons. The van der Waals surface area contributed by atoms with Gasteiger partial charge in [0.25, 0.3) is 10.0 Å². The number of carbonyl (C=O) groups is 1. The summed E-state index contributed by atoms with van der Waals surface area (Å²) in [7, 11) is -3.88. The zero-order chi connectivity index (χ0) is 15.5. The molecule has 110 valence electrons. The van der Waals surface area contributed by atoms with Crippen LogP contribution in [0.3, 0.4) is 0 Å². The van der Waals surface area contributed by atoms with Gasteiger partial charge in [0, 0.05) is 5.02 Å². The predicted molar refractivity (Wildman–Crippen MR) is 83.3 cm³/mol. The Hall–Kier alpha value is -1.56. The summed E-state index contributed by atoms with van der Waals surface area (Å²) in [5.74, 6) is 0. The largest absolute Gasteiger partial charge is 0.279 e. The molecule has 0 spiro atoms. The number of benzene rings is 2. The van der Waals surface area contributed by atoms with Crippen LogP contribution in [0, 0.1) is 0 Å². The van der Waals surface area contributed by atoms with Crippen molar-refractivity contribution < 1.29 is 13.2 Å². The number of anilines is 1. The Labute approximate surface area is 133 Å². The second-order valence-electron chi connectivity index (χ2n) is 4.16. The molecule has 0 aliphatic rings. The lowest BCUT2D eigenvalue weighted by Crippen LogP contribution is -2.34. The molecular formula is C14H11Cl2NO3S. The zero-order valence-electron chi connectivity index (χ0n) is 10.7. The monoisotopic (exact) mass is 343 g/mol. The molecule has 2 rings (SSSR count). The molecule has 0 aromatic heterocycles. The van der Waals surface area contributed by atoms with Gasteiger partial charge in [-0.2, -0.15) is 0 Å². The van der Waals surface area contributed by atoms with E-state index in [1.54, 1.807) is 30.3 Å². The molecule has 2 aromatic rings. The van der Waals surface area contributed by atoms with Crippen LogP contribution < -0.4 is 4.31 Å². The highest BCUT2D eigenvalue weighted by atomic mass is 35.5. The molecule has 0 N–H and O–H groups in total. The van der Waals surface area contributed by atoms with Crippen LogP contribution in [0.2, 0.25) is 5.02 Å². The van der Waals surface area contributed by atoms with E-state index in [4.69, 9.17) is 23.2 Å². The highest BCUT2D eigenvalue weighted by Crippen LogP contribution is 2.25. The molecule has 0 heterocycles. The third-order valence-corrected chi connectivity index (χ3v) is 4.87. The highest BCUT2D eigenvalue weighted by Gasteiger charge is 2.26. The first-order valence-corrected chi connectivity index (χ1v) is 8.12. The van der Waals surface area contributed by atoms with Crippen molar-refractivity contribution in [3.63, 3.8) is 0 Å². The van der Waals surface area contributed by atoms with Gasteiger partial charge in [0.05, 0.1) is 10.6 Å². The number of nitrogens with zero attached hydrogens (tertiary/aromatic N) is 1. The van der Waals surface area contributed by atoms with E-state index in [1.807, 2.05) is 0 Å². The van der Waals surface area contributed by atoms with Crippen LogP contribution in [0.5, 0.6) is 0 Å².